The molecule has 2 fully saturated rings. The Labute approximate surface area is 92.8 Å². The minimum absolute atomic E-state index is 0.285. The molecule has 2 N–H and O–H groups in total. The summed E-state index contributed by atoms with van der Waals surface area (Å²) in [5.41, 5.74) is 0. The van der Waals surface area contributed by atoms with Gasteiger partial charge in [-0.1, -0.05) is 0 Å². The van der Waals surface area contributed by atoms with Crippen LogP contribution in [0.1, 0.15) is 32.1 Å². The zero-order valence-electron chi connectivity index (χ0n) is 9.78. The average Bonchev–Trinajstić information content (AvgIpc) is 3.06. The van der Waals surface area contributed by atoms with E-state index in [4.69, 9.17) is 0 Å². The van der Waals surface area contributed by atoms with Crippen molar-refractivity contribution >= 4 is 0 Å². The van der Waals surface area contributed by atoms with Crippen LogP contribution >= 0.6 is 0 Å². The third-order valence-electron chi connectivity index (χ3n) is 3.40. The van der Waals surface area contributed by atoms with E-state index in [0.29, 0.717) is 12.1 Å². The lowest BCUT2D eigenvalue weighted by Crippen LogP contribution is -2.37. The highest BCUT2D eigenvalue weighted by molar-refractivity contribution is 4.85. The lowest BCUT2D eigenvalue weighted by molar-refractivity contribution is 0.214. The molecule has 3 heteroatoms. The predicted molar refractivity (Wildman–Crippen MR) is 61.9 cm³/mol. The first kappa shape index (κ1) is 11.4. The largest absolute Gasteiger partial charge is 0.395 e. The van der Waals surface area contributed by atoms with Crippen LogP contribution in [0.3, 0.4) is 0 Å². The van der Waals surface area contributed by atoms with Crippen molar-refractivity contribution in [3.63, 3.8) is 0 Å². The predicted octanol–water partition coefficient (Wildman–Crippen LogP) is 0.831. The van der Waals surface area contributed by atoms with Gasteiger partial charge in [-0.05, 0) is 51.6 Å². The topological polar surface area (TPSA) is 35.5 Å². The van der Waals surface area contributed by atoms with E-state index in [-0.39, 0.29) is 6.61 Å². The van der Waals surface area contributed by atoms with E-state index in [0.717, 1.165) is 18.9 Å². The van der Waals surface area contributed by atoms with Crippen molar-refractivity contribution in [3.8, 4) is 0 Å². The molecule has 0 aromatic heterocycles. The van der Waals surface area contributed by atoms with Gasteiger partial charge in [-0.15, -0.1) is 0 Å². The molecular formula is C12H24N2O. The molecule has 0 aliphatic heterocycles. The van der Waals surface area contributed by atoms with Crippen molar-refractivity contribution in [2.45, 2.75) is 44.2 Å². The number of nitrogens with one attached hydrogen (secondary N) is 1. The summed E-state index contributed by atoms with van der Waals surface area (Å²) in [4.78, 5) is 2.41. The summed E-state index contributed by atoms with van der Waals surface area (Å²) in [6.45, 7) is 2.65. The Hall–Kier alpha value is -0.120. The van der Waals surface area contributed by atoms with Crippen molar-refractivity contribution in [1.82, 2.24) is 10.2 Å². The third-order valence-corrected chi connectivity index (χ3v) is 3.40. The van der Waals surface area contributed by atoms with E-state index in [1.807, 2.05) is 0 Å². The van der Waals surface area contributed by atoms with Gasteiger partial charge < -0.3 is 15.3 Å². The number of aliphatic hydroxyl groups is 1. The highest BCUT2D eigenvalue weighted by atomic mass is 16.3. The summed E-state index contributed by atoms with van der Waals surface area (Å²) in [7, 11) is 2.20. The molecule has 2 aliphatic rings. The Kier molecular flexibility index (Phi) is 4.00. The van der Waals surface area contributed by atoms with Crippen molar-refractivity contribution in [2.75, 3.05) is 26.7 Å². The molecule has 1 atom stereocenters. The Balaban J connectivity index is 1.56. The fourth-order valence-corrected chi connectivity index (χ4v) is 2.02. The summed E-state index contributed by atoms with van der Waals surface area (Å²) in [5, 5.41) is 12.7. The van der Waals surface area contributed by atoms with E-state index < -0.39 is 0 Å². The maximum absolute atomic E-state index is 9.23. The molecule has 2 saturated carbocycles. The quantitative estimate of drug-likeness (QED) is 0.625. The van der Waals surface area contributed by atoms with Crippen LogP contribution in [-0.4, -0.2) is 48.8 Å². The zero-order valence-corrected chi connectivity index (χ0v) is 9.78. The fraction of sp³-hybridized carbons (Fsp3) is 1.00. The monoisotopic (exact) mass is 212 g/mol. The second-order valence-corrected chi connectivity index (χ2v) is 5.31. The minimum atomic E-state index is 0.285. The second kappa shape index (κ2) is 5.28. The Morgan fingerprint density at radius 1 is 1.33 bits per heavy atom. The lowest BCUT2D eigenvalue weighted by Gasteiger charge is -2.21. The summed E-state index contributed by atoms with van der Waals surface area (Å²) in [5.74, 6) is 0.971. The maximum atomic E-state index is 9.23. The number of nitrogens with zero attached hydrogens (tertiary/aromatic N) is 1. The molecule has 2 rings (SSSR count). The molecule has 0 radical (unpaired) electrons. The van der Waals surface area contributed by atoms with Crippen LogP contribution in [0.15, 0.2) is 0 Å². The second-order valence-electron chi connectivity index (χ2n) is 5.31. The van der Waals surface area contributed by atoms with Gasteiger partial charge in [-0.2, -0.15) is 0 Å². The van der Waals surface area contributed by atoms with Gasteiger partial charge >= 0.3 is 0 Å². The van der Waals surface area contributed by atoms with Crippen molar-refractivity contribution < 1.29 is 5.11 Å². The van der Waals surface area contributed by atoms with Gasteiger partial charge in [-0.3, -0.25) is 0 Å². The Morgan fingerprint density at radius 2 is 2.07 bits per heavy atom. The first-order valence-electron chi connectivity index (χ1n) is 6.33. The van der Waals surface area contributed by atoms with E-state index in [2.05, 4.69) is 17.3 Å². The molecule has 15 heavy (non-hydrogen) atoms. The molecule has 0 spiro atoms. The van der Waals surface area contributed by atoms with E-state index in [9.17, 15) is 5.11 Å². The normalized spacial score (nSPS) is 23.4. The average molecular weight is 212 g/mol. The van der Waals surface area contributed by atoms with Crippen molar-refractivity contribution in [2.24, 2.45) is 5.92 Å². The first-order valence-corrected chi connectivity index (χ1v) is 6.33. The van der Waals surface area contributed by atoms with E-state index in [1.54, 1.807) is 0 Å². The van der Waals surface area contributed by atoms with Crippen molar-refractivity contribution in [3.05, 3.63) is 0 Å². The van der Waals surface area contributed by atoms with Crippen LogP contribution < -0.4 is 5.32 Å². The van der Waals surface area contributed by atoms with Crippen LogP contribution in [0.2, 0.25) is 0 Å². The first-order chi connectivity index (χ1) is 7.28. The summed E-state index contributed by atoms with van der Waals surface area (Å²) in [6, 6.07) is 1.02. The van der Waals surface area contributed by atoms with E-state index in [1.165, 1.54) is 32.2 Å². The third kappa shape index (κ3) is 4.49. The van der Waals surface area contributed by atoms with Crippen LogP contribution in [0.25, 0.3) is 0 Å². The molecule has 88 valence electrons. The number of aliphatic hydroxyl groups excluding tert-OH is 1. The molecule has 1 unspecified atom stereocenters. The van der Waals surface area contributed by atoms with Crippen LogP contribution in [0.5, 0.6) is 0 Å². The van der Waals surface area contributed by atoms with Gasteiger partial charge in [0.2, 0.25) is 0 Å². The van der Waals surface area contributed by atoms with Gasteiger partial charge in [0.05, 0.1) is 6.61 Å². The van der Waals surface area contributed by atoms with Gasteiger partial charge in [0.15, 0.2) is 0 Å². The molecule has 0 bridgehead atoms. The SMILES string of the molecule is CN(CCC(CO)NC1CC1)CC1CC1. The maximum Gasteiger partial charge on any atom is 0.0585 e. The Morgan fingerprint density at radius 3 is 2.60 bits per heavy atom. The highest BCUT2D eigenvalue weighted by Gasteiger charge is 2.25. The van der Waals surface area contributed by atoms with Crippen molar-refractivity contribution in [1.29, 1.82) is 0 Å². The zero-order chi connectivity index (χ0) is 10.7. The van der Waals surface area contributed by atoms with Gasteiger partial charge in [0.1, 0.15) is 0 Å². The number of hydrogen-bond acceptors (Lipinski definition) is 3. The molecule has 2 aliphatic carbocycles. The molecule has 0 heterocycles. The van der Waals surface area contributed by atoms with Gasteiger partial charge in [0, 0.05) is 18.6 Å². The fourth-order valence-electron chi connectivity index (χ4n) is 2.02. The molecule has 0 aromatic carbocycles. The van der Waals surface area contributed by atoms with E-state index >= 15 is 0 Å². The Bertz CT molecular complexity index is 190. The summed E-state index contributed by atoms with van der Waals surface area (Å²) >= 11 is 0. The molecule has 3 nitrogen and oxygen atoms in total. The number of hydrogen-bond donors (Lipinski definition) is 2. The van der Waals surface area contributed by atoms with Crippen LogP contribution in [-0.2, 0) is 0 Å². The van der Waals surface area contributed by atoms with Gasteiger partial charge in [-0.25, -0.2) is 0 Å². The van der Waals surface area contributed by atoms with Gasteiger partial charge in [0.25, 0.3) is 0 Å². The molecule has 0 saturated heterocycles. The van der Waals surface area contributed by atoms with Crippen LogP contribution in [0.4, 0.5) is 0 Å². The summed E-state index contributed by atoms with van der Waals surface area (Å²) in [6.07, 6.45) is 6.53. The lowest BCUT2D eigenvalue weighted by atomic mass is 10.2. The van der Waals surface area contributed by atoms with Crippen LogP contribution in [0, 0.1) is 5.92 Å². The smallest absolute Gasteiger partial charge is 0.0585 e. The molecular weight excluding hydrogens is 188 g/mol. The number of rotatable bonds is 8. The summed E-state index contributed by atoms with van der Waals surface area (Å²) < 4.78 is 0. The minimum Gasteiger partial charge on any atom is -0.395 e. The molecule has 0 aromatic rings. The standard InChI is InChI=1S/C12H24N2O/c1-14(8-10-2-3-10)7-6-12(9-15)13-11-4-5-11/h10-13,15H,2-9H2,1H3. The molecule has 0 amide bonds. The highest BCUT2D eigenvalue weighted by Crippen LogP contribution is 2.29.